The first kappa shape index (κ1) is 14.0. The minimum Gasteiger partial charge on any atom is -0.378 e. The fraction of sp³-hybridized carbons (Fsp3) is 0.571. The standard InChI is InChI=1S/C14H21N3O2S/c1-20(18)16-13-3-2-10-6-17(7-11(10)4-13)14-5-12(15)8-19-9-14/h2-4,12,14,16H,5-9,15H2,1H3. The van der Waals surface area contributed by atoms with Gasteiger partial charge >= 0.3 is 0 Å². The van der Waals surface area contributed by atoms with Crippen LogP contribution in [0.25, 0.3) is 0 Å². The number of nitrogens with two attached hydrogens (primary N) is 1. The second-order valence-corrected chi connectivity index (χ2v) is 6.74. The largest absolute Gasteiger partial charge is 0.378 e. The van der Waals surface area contributed by atoms with Crippen molar-refractivity contribution in [2.75, 3.05) is 24.2 Å². The maximum absolute atomic E-state index is 11.2. The van der Waals surface area contributed by atoms with Crippen LogP contribution in [-0.4, -0.2) is 40.7 Å². The van der Waals surface area contributed by atoms with E-state index in [2.05, 4.69) is 21.8 Å². The molecule has 110 valence electrons. The molecule has 1 fully saturated rings. The van der Waals surface area contributed by atoms with E-state index in [0.29, 0.717) is 12.6 Å². The van der Waals surface area contributed by atoms with E-state index in [1.165, 1.54) is 11.1 Å². The highest BCUT2D eigenvalue weighted by Crippen LogP contribution is 2.29. The molecule has 3 N–H and O–H groups in total. The lowest BCUT2D eigenvalue weighted by Gasteiger charge is -2.33. The molecular weight excluding hydrogens is 274 g/mol. The summed E-state index contributed by atoms with van der Waals surface area (Å²) in [6, 6.07) is 6.77. The third kappa shape index (κ3) is 3.03. The lowest BCUT2D eigenvalue weighted by atomic mass is 10.1. The van der Waals surface area contributed by atoms with E-state index in [1.807, 2.05) is 6.07 Å². The molecule has 6 heteroatoms. The molecule has 5 nitrogen and oxygen atoms in total. The van der Waals surface area contributed by atoms with Gasteiger partial charge in [0.25, 0.3) is 0 Å². The summed E-state index contributed by atoms with van der Waals surface area (Å²) >= 11 is 0. The van der Waals surface area contributed by atoms with Crippen molar-refractivity contribution in [3.05, 3.63) is 29.3 Å². The zero-order valence-electron chi connectivity index (χ0n) is 11.7. The topological polar surface area (TPSA) is 67.6 Å². The molecule has 0 aliphatic carbocycles. The van der Waals surface area contributed by atoms with Gasteiger partial charge in [-0.3, -0.25) is 4.90 Å². The number of rotatable bonds is 3. The second-order valence-electron chi connectivity index (χ2n) is 5.63. The molecule has 3 unspecified atom stereocenters. The predicted octanol–water partition coefficient (Wildman–Crippen LogP) is 0.824. The number of anilines is 1. The number of hydrogen-bond donors (Lipinski definition) is 2. The van der Waals surface area contributed by atoms with Gasteiger partial charge < -0.3 is 15.2 Å². The van der Waals surface area contributed by atoms with Crippen LogP contribution in [0, 0.1) is 0 Å². The van der Waals surface area contributed by atoms with Gasteiger partial charge in [0.2, 0.25) is 0 Å². The maximum atomic E-state index is 11.2. The monoisotopic (exact) mass is 295 g/mol. The van der Waals surface area contributed by atoms with Crippen LogP contribution in [-0.2, 0) is 28.8 Å². The molecule has 1 aromatic carbocycles. The molecule has 3 rings (SSSR count). The smallest absolute Gasteiger partial charge is 0.113 e. The highest BCUT2D eigenvalue weighted by molar-refractivity contribution is 7.85. The molecule has 3 atom stereocenters. The van der Waals surface area contributed by atoms with E-state index in [1.54, 1.807) is 6.26 Å². The van der Waals surface area contributed by atoms with Crippen LogP contribution in [0.2, 0.25) is 0 Å². The molecule has 0 aromatic heterocycles. The molecule has 2 aliphatic heterocycles. The summed E-state index contributed by atoms with van der Waals surface area (Å²) in [7, 11) is -1.03. The molecule has 0 amide bonds. The van der Waals surface area contributed by atoms with E-state index < -0.39 is 11.0 Å². The van der Waals surface area contributed by atoms with Crippen molar-refractivity contribution in [1.82, 2.24) is 4.90 Å². The van der Waals surface area contributed by atoms with Crippen LogP contribution in [0.1, 0.15) is 17.5 Å². The molecule has 1 aromatic rings. The maximum Gasteiger partial charge on any atom is 0.113 e. The van der Waals surface area contributed by atoms with Gasteiger partial charge in [-0.05, 0) is 29.7 Å². The van der Waals surface area contributed by atoms with Crippen molar-refractivity contribution >= 4 is 16.7 Å². The summed E-state index contributed by atoms with van der Waals surface area (Å²) in [6.07, 6.45) is 2.64. The van der Waals surface area contributed by atoms with Crippen molar-refractivity contribution in [3.63, 3.8) is 0 Å². The summed E-state index contributed by atoms with van der Waals surface area (Å²) < 4.78 is 19.7. The van der Waals surface area contributed by atoms with Crippen molar-refractivity contribution in [1.29, 1.82) is 0 Å². The van der Waals surface area contributed by atoms with Crippen LogP contribution < -0.4 is 10.5 Å². The third-order valence-corrected chi connectivity index (χ3v) is 4.47. The van der Waals surface area contributed by atoms with Gasteiger partial charge in [-0.1, -0.05) is 6.07 Å². The summed E-state index contributed by atoms with van der Waals surface area (Å²) in [5.74, 6) is 0. The van der Waals surface area contributed by atoms with Crippen LogP contribution in [0.15, 0.2) is 18.2 Å². The Morgan fingerprint density at radius 1 is 1.35 bits per heavy atom. The minimum absolute atomic E-state index is 0.150. The Hall–Kier alpha value is -0.950. The molecule has 0 bridgehead atoms. The Morgan fingerprint density at radius 2 is 2.15 bits per heavy atom. The number of fused-ring (bicyclic) bond motifs is 1. The summed E-state index contributed by atoms with van der Waals surface area (Å²) in [4.78, 5) is 2.43. The van der Waals surface area contributed by atoms with Gasteiger partial charge in [0.05, 0.1) is 13.2 Å². The molecule has 2 heterocycles. The Balaban J connectivity index is 1.70. The zero-order chi connectivity index (χ0) is 14.1. The first-order valence-electron chi connectivity index (χ1n) is 6.91. The molecule has 0 radical (unpaired) electrons. The Labute approximate surface area is 122 Å². The highest BCUT2D eigenvalue weighted by atomic mass is 32.2. The molecule has 20 heavy (non-hydrogen) atoms. The summed E-state index contributed by atoms with van der Waals surface area (Å²) in [6.45, 7) is 3.31. The minimum atomic E-state index is -1.03. The van der Waals surface area contributed by atoms with Gasteiger partial charge in [-0.25, -0.2) is 4.21 Å². The van der Waals surface area contributed by atoms with Crippen molar-refractivity contribution < 1.29 is 8.95 Å². The van der Waals surface area contributed by atoms with Gasteiger partial charge in [0, 0.05) is 37.1 Å². The van der Waals surface area contributed by atoms with E-state index in [-0.39, 0.29) is 6.04 Å². The average Bonchev–Trinajstić information content (AvgIpc) is 2.81. The number of ether oxygens (including phenoxy) is 1. The van der Waals surface area contributed by atoms with Gasteiger partial charge in [0.1, 0.15) is 11.0 Å². The van der Waals surface area contributed by atoms with Crippen molar-refractivity contribution in [2.45, 2.75) is 31.6 Å². The average molecular weight is 295 g/mol. The zero-order valence-corrected chi connectivity index (χ0v) is 12.5. The van der Waals surface area contributed by atoms with E-state index in [9.17, 15) is 4.21 Å². The summed E-state index contributed by atoms with van der Waals surface area (Å²) in [5.41, 5.74) is 9.55. The lowest BCUT2D eigenvalue weighted by molar-refractivity contribution is 0.00549. The fourth-order valence-electron chi connectivity index (χ4n) is 3.00. The predicted molar refractivity (Wildman–Crippen MR) is 80.6 cm³/mol. The molecule has 1 saturated heterocycles. The van der Waals surface area contributed by atoms with Gasteiger partial charge in [0.15, 0.2) is 0 Å². The third-order valence-electron chi connectivity index (χ3n) is 3.95. The first-order chi connectivity index (χ1) is 9.61. The Kier molecular flexibility index (Phi) is 4.07. The molecule has 0 saturated carbocycles. The second kappa shape index (κ2) is 5.81. The molecular formula is C14H21N3O2S. The number of nitrogens with zero attached hydrogens (tertiary/aromatic N) is 1. The van der Waals surface area contributed by atoms with Crippen molar-refractivity contribution in [2.24, 2.45) is 5.73 Å². The Morgan fingerprint density at radius 3 is 2.90 bits per heavy atom. The molecule has 0 spiro atoms. The van der Waals surface area contributed by atoms with Gasteiger partial charge in [-0.15, -0.1) is 0 Å². The van der Waals surface area contributed by atoms with Crippen molar-refractivity contribution in [3.8, 4) is 0 Å². The SMILES string of the molecule is CS(=O)Nc1ccc2c(c1)CN(C1COCC(N)C1)C2. The number of hydrogen-bond acceptors (Lipinski definition) is 4. The summed E-state index contributed by atoms with van der Waals surface area (Å²) in [5, 5.41) is 0. The quantitative estimate of drug-likeness (QED) is 0.866. The lowest BCUT2D eigenvalue weighted by Crippen LogP contribution is -2.46. The number of benzene rings is 1. The normalized spacial score (nSPS) is 28.1. The molecule has 2 aliphatic rings. The highest BCUT2D eigenvalue weighted by Gasteiger charge is 2.29. The van der Waals surface area contributed by atoms with Crippen LogP contribution >= 0.6 is 0 Å². The van der Waals surface area contributed by atoms with Crippen LogP contribution in [0.4, 0.5) is 5.69 Å². The first-order valence-corrected chi connectivity index (χ1v) is 8.47. The van der Waals surface area contributed by atoms with E-state index in [0.717, 1.165) is 31.8 Å². The van der Waals surface area contributed by atoms with Gasteiger partial charge in [-0.2, -0.15) is 0 Å². The Bertz CT molecular complexity index is 523. The fourth-order valence-corrected chi connectivity index (χ4v) is 3.46. The number of nitrogens with one attached hydrogen (secondary N) is 1. The van der Waals surface area contributed by atoms with E-state index in [4.69, 9.17) is 10.5 Å². The van der Waals surface area contributed by atoms with E-state index >= 15 is 0 Å². The van der Waals surface area contributed by atoms with Crippen LogP contribution in [0.3, 0.4) is 0 Å². The van der Waals surface area contributed by atoms with Crippen LogP contribution in [0.5, 0.6) is 0 Å².